The third-order valence-electron chi connectivity index (χ3n) is 18.4. The summed E-state index contributed by atoms with van der Waals surface area (Å²) in [6.45, 7) is 4.39. The van der Waals surface area contributed by atoms with E-state index in [1.54, 1.807) is 11.3 Å². The molecule has 12 aromatic carbocycles. The van der Waals surface area contributed by atoms with Crippen LogP contribution in [0.25, 0.3) is 170 Å². The van der Waals surface area contributed by atoms with Crippen molar-refractivity contribution in [1.29, 1.82) is 0 Å². The van der Waals surface area contributed by atoms with Crippen molar-refractivity contribution in [3.05, 3.63) is 284 Å². The summed E-state index contributed by atoms with van der Waals surface area (Å²) in [5.74, 6) is 1.57. The number of thiazole rings is 1. The summed E-state index contributed by atoms with van der Waals surface area (Å²) in [5.41, 5.74) is 20.3. The molecule has 7 nitrogen and oxygen atoms in total. The molecule has 0 aliphatic heterocycles. The monoisotopic (exact) mass is 1140 g/mol. The molecule has 88 heavy (non-hydrogen) atoms. The van der Waals surface area contributed by atoms with E-state index in [2.05, 4.69) is 310 Å². The Balaban J connectivity index is 1.08. The Morgan fingerprint density at radius 2 is 0.614 bits per heavy atom. The lowest BCUT2D eigenvalue weighted by Crippen LogP contribution is -2.16. The van der Waals surface area contributed by atoms with Gasteiger partial charge >= 0.3 is 0 Å². The summed E-state index contributed by atoms with van der Waals surface area (Å²) in [4.78, 5) is 12.1. The van der Waals surface area contributed by atoms with Crippen molar-refractivity contribution < 1.29 is 0 Å². The summed E-state index contributed by atoms with van der Waals surface area (Å²) < 4.78 is 13.6. The minimum absolute atomic E-state index is 0.782. The lowest BCUT2D eigenvalue weighted by atomic mass is 9.95. The van der Waals surface area contributed by atoms with Crippen molar-refractivity contribution in [1.82, 2.24) is 32.8 Å². The van der Waals surface area contributed by atoms with E-state index in [4.69, 9.17) is 9.97 Å². The Hall–Kier alpha value is -11.3. The molecular weight excluding hydrogens is 1090 g/mol. The van der Waals surface area contributed by atoms with Gasteiger partial charge in [-0.2, -0.15) is 0 Å². The van der Waals surface area contributed by atoms with Crippen LogP contribution in [0.3, 0.4) is 0 Å². The van der Waals surface area contributed by atoms with E-state index in [0.29, 0.717) is 0 Å². The number of hydrogen-bond donors (Lipinski definition) is 0. The molecule has 0 bridgehead atoms. The summed E-state index contributed by atoms with van der Waals surface area (Å²) >= 11 is 1.74. The zero-order chi connectivity index (χ0) is 57.9. The molecule has 8 heteroatoms. The predicted octanol–water partition coefficient (Wildman–Crippen LogP) is 21.1. The van der Waals surface area contributed by atoms with Crippen molar-refractivity contribution >= 4 is 131 Å². The van der Waals surface area contributed by atoms with Gasteiger partial charge in [-0.15, -0.1) is 11.3 Å². The van der Waals surface area contributed by atoms with Crippen LogP contribution in [0.1, 0.15) is 11.1 Å². The average Bonchev–Trinajstić information content (AvgIpc) is 1.58. The molecule has 19 rings (SSSR count). The van der Waals surface area contributed by atoms with Crippen LogP contribution in [-0.4, -0.2) is 32.8 Å². The molecule has 0 saturated carbocycles. The number of aromatic nitrogens is 7. The van der Waals surface area contributed by atoms with Gasteiger partial charge in [0.1, 0.15) is 16.4 Å². The van der Waals surface area contributed by atoms with Gasteiger partial charge in [-0.25, -0.2) is 9.97 Å². The Labute approximate surface area is 508 Å². The molecule has 0 unspecified atom stereocenters. The first-order valence-electron chi connectivity index (χ1n) is 30.1. The van der Waals surface area contributed by atoms with Crippen molar-refractivity contribution in [2.24, 2.45) is 0 Å². The number of aryl methyl sites for hydroxylation is 2. The van der Waals surface area contributed by atoms with E-state index in [9.17, 15) is 0 Å². The van der Waals surface area contributed by atoms with Gasteiger partial charge < -0.3 is 13.7 Å². The number of para-hydroxylation sites is 8. The van der Waals surface area contributed by atoms with E-state index in [-0.39, 0.29) is 0 Å². The van der Waals surface area contributed by atoms with Crippen LogP contribution in [0.5, 0.6) is 0 Å². The fraction of sp³-hybridized carbons (Fsp3) is 0.0250. The normalized spacial score (nSPS) is 12.2. The average molecular weight is 1140 g/mol. The molecule has 0 spiro atoms. The number of hydrogen-bond acceptors (Lipinski definition) is 3. The minimum atomic E-state index is 0.782. The molecule has 0 aliphatic rings. The zero-order valence-electron chi connectivity index (χ0n) is 48.0. The fourth-order valence-electron chi connectivity index (χ4n) is 14.7. The van der Waals surface area contributed by atoms with Crippen molar-refractivity contribution in [3.8, 4) is 50.4 Å². The third-order valence-corrected chi connectivity index (χ3v) is 19.5. The highest BCUT2D eigenvalue weighted by Gasteiger charge is 2.34. The number of fused-ring (bicyclic) bond motifs is 16. The molecule has 0 N–H and O–H groups in total. The van der Waals surface area contributed by atoms with Crippen LogP contribution >= 0.6 is 11.3 Å². The predicted molar refractivity (Wildman–Crippen MR) is 369 cm³/mol. The molecule has 0 saturated heterocycles. The van der Waals surface area contributed by atoms with Crippen molar-refractivity contribution in [2.45, 2.75) is 13.8 Å². The molecule has 0 amide bonds. The topological polar surface area (TPSA) is 50.4 Å². The zero-order valence-corrected chi connectivity index (χ0v) is 48.8. The summed E-state index contributed by atoms with van der Waals surface area (Å²) in [7, 11) is 0. The molecule has 7 aromatic heterocycles. The van der Waals surface area contributed by atoms with Gasteiger partial charge in [0.2, 0.25) is 0 Å². The van der Waals surface area contributed by atoms with Crippen LogP contribution in [-0.2, 0) is 0 Å². The van der Waals surface area contributed by atoms with Gasteiger partial charge in [-0.3, -0.25) is 9.13 Å². The molecule has 7 heterocycles. The highest BCUT2D eigenvalue weighted by atomic mass is 32.1. The van der Waals surface area contributed by atoms with Gasteiger partial charge in [-0.05, 0) is 116 Å². The largest absolute Gasteiger partial charge is 0.309 e. The summed E-state index contributed by atoms with van der Waals surface area (Å²) in [6, 6.07) is 101. The van der Waals surface area contributed by atoms with Gasteiger partial charge in [0.15, 0.2) is 11.6 Å². The maximum absolute atomic E-state index is 6.58. The summed E-state index contributed by atoms with van der Waals surface area (Å²) in [5, 5.41) is 12.6. The Bertz CT molecular complexity index is 6040. The Morgan fingerprint density at radius 1 is 0.273 bits per heavy atom. The first kappa shape index (κ1) is 49.0. The van der Waals surface area contributed by atoms with Gasteiger partial charge in [0.05, 0.1) is 65.4 Å². The molecule has 0 fully saturated rings. The Kier molecular flexibility index (Phi) is 10.3. The second-order valence-corrected chi connectivity index (χ2v) is 24.4. The third kappa shape index (κ3) is 6.88. The molecule has 0 atom stereocenters. The van der Waals surface area contributed by atoms with E-state index >= 15 is 0 Å². The minimum Gasteiger partial charge on any atom is -0.309 e. The molecule has 19 aromatic rings. The maximum atomic E-state index is 6.58. The molecular formula is C80H51N7S. The van der Waals surface area contributed by atoms with Gasteiger partial charge in [-0.1, -0.05) is 187 Å². The smallest absolute Gasteiger partial charge is 0.165 e. The molecule has 412 valence electrons. The lowest BCUT2D eigenvalue weighted by molar-refractivity contribution is 0.961. The van der Waals surface area contributed by atoms with Crippen LogP contribution < -0.4 is 0 Å². The number of pyridine rings is 1. The second-order valence-electron chi connectivity index (χ2n) is 23.4. The van der Waals surface area contributed by atoms with Crippen LogP contribution in [0.4, 0.5) is 0 Å². The quantitative estimate of drug-likeness (QED) is 0.160. The highest BCUT2D eigenvalue weighted by molar-refractivity contribution is 7.21. The molecule has 0 aliphatic carbocycles. The van der Waals surface area contributed by atoms with Crippen LogP contribution in [0.15, 0.2) is 273 Å². The number of benzene rings is 12. The van der Waals surface area contributed by atoms with E-state index < -0.39 is 0 Å². The van der Waals surface area contributed by atoms with E-state index in [1.165, 1.54) is 49.1 Å². The maximum Gasteiger partial charge on any atom is 0.165 e. The lowest BCUT2D eigenvalue weighted by Gasteiger charge is -2.27. The SMILES string of the molecule is Cc1ccc2c(c1)c1ccccc1n2-c1nc(-n2c3ccccc3c3cc(-n4c5ccccc5c5ccccc54)ccc32)c(-n2c3ccccc3c3ccccc32)c(-c2ccccc2-c2nc3ccccc3s2)c1-n1c2ccccc2c2cc(C)ccc21. The highest BCUT2D eigenvalue weighted by Crippen LogP contribution is 2.51. The van der Waals surface area contributed by atoms with E-state index in [1.807, 2.05) is 0 Å². The van der Waals surface area contributed by atoms with Crippen molar-refractivity contribution in [2.75, 3.05) is 0 Å². The molecule has 0 radical (unpaired) electrons. The fourth-order valence-corrected chi connectivity index (χ4v) is 15.7. The van der Waals surface area contributed by atoms with E-state index in [0.717, 1.165) is 132 Å². The number of nitrogens with zero attached hydrogens (tertiary/aromatic N) is 7. The number of rotatable bonds is 7. The second kappa shape index (κ2) is 18.6. The van der Waals surface area contributed by atoms with Crippen LogP contribution in [0, 0.1) is 13.8 Å². The van der Waals surface area contributed by atoms with Gasteiger partial charge in [0, 0.05) is 70.7 Å². The first-order chi connectivity index (χ1) is 43.5. The van der Waals surface area contributed by atoms with Crippen LogP contribution in [0.2, 0.25) is 0 Å². The standard InChI is InChI=1S/C80H51N7S/c1-48-39-42-71-60(45-48)55-25-9-17-35-68(55)85(71)77-75(58-28-3-4-29-59(58)80-81-63-30-12-20-38-74(63)88-80)76(84-66-33-15-7-23-53(66)54-24-8-16-34-67(54)84)78(82-79(77)86-69-36-18-10-26-56(69)61-46-49(2)40-43-72(61)86)87-70-37-19-11-27-57(70)62-47-50(41-44-73(62)87)83-64-31-13-5-21-51(64)52-22-6-14-32-65(52)83/h3-47H,1-2H3. The van der Waals surface area contributed by atoms with Gasteiger partial charge in [0.25, 0.3) is 0 Å². The Morgan fingerprint density at radius 3 is 1.08 bits per heavy atom. The summed E-state index contributed by atoms with van der Waals surface area (Å²) in [6.07, 6.45) is 0. The van der Waals surface area contributed by atoms with Crippen molar-refractivity contribution in [3.63, 3.8) is 0 Å². The first-order valence-corrected chi connectivity index (χ1v) is 30.9.